The molecule has 94 valence electrons. The minimum absolute atomic E-state index is 0.633. The second-order valence-electron chi connectivity index (χ2n) is 7.03. The van der Waals surface area contributed by atoms with Gasteiger partial charge in [0.1, 0.15) is 0 Å². The summed E-state index contributed by atoms with van der Waals surface area (Å²) in [5.74, 6) is 4.56. The van der Waals surface area contributed by atoms with Crippen LogP contribution in [0.4, 0.5) is 0 Å². The molecule has 0 aromatic carbocycles. The van der Waals surface area contributed by atoms with Gasteiger partial charge in [0.25, 0.3) is 0 Å². The fourth-order valence-corrected chi connectivity index (χ4v) is 6.37. The van der Waals surface area contributed by atoms with Gasteiger partial charge in [-0.3, -0.25) is 0 Å². The van der Waals surface area contributed by atoms with Gasteiger partial charge in [-0.25, -0.2) is 0 Å². The van der Waals surface area contributed by atoms with E-state index in [1.165, 1.54) is 12.8 Å². The molecule has 2 aliphatic heterocycles. The third-order valence-electron chi connectivity index (χ3n) is 5.14. The molecule has 2 unspecified atom stereocenters. The number of fused-ring (bicyclic) bond motifs is 2. The molecule has 0 amide bonds. The lowest BCUT2D eigenvalue weighted by atomic mass is 9.65. The van der Waals surface area contributed by atoms with E-state index in [1.54, 1.807) is 0 Å². The van der Waals surface area contributed by atoms with Crippen molar-refractivity contribution in [3.05, 3.63) is 0 Å². The molecule has 0 N–H and O–H groups in total. The summed E-state index contributed by atoms with van der Waals surface area (Å²) in [6.45, 7) is 14.6. The Bertz CT molecular complexity index is 236. The van der Waals surface area contributed by atoms with Crippen molar-refractivity contribution in [2.75, 3.05) is 0 Å². The fraction of sp³-hybridized carbons (Fsp3) is 1.00. The van der Waals surface area contributed by atoms with Gasteiger partial charge >= 0.3 is 0 Å². The van der Waals surface area contributed by atoms with Crippen LogP contribution in [0.15, 0.2) is 0 Å². The molecule has 0 radical (unpaired) electrons. The Balaban J connectivity index is 2.22. The number of thioether (sulfide) groups is 1. The second kappa shape index (κ2) is 4.23. The van der Waals surface area contributed by atoms with Crippen molar-refractivity contribution < 1.29 is 0 Å². The highest BCUT2D eigenvalue weighted by atomic mass is 32.2. The van der Waals surface area contributed by atoms with Crippen LogP contribution in [0, 0.1) is 29.6 Å². The van der Waals surface area contributed by atoms with Crippen LogP contribution in [0.25, 0.3) is 0 Å². The van der Waals surface area contributed by atoms with Crippen LogP contribution in [0.5, 0.6) is 0 Å². The zero-order chi connectivity index (χ0) is 12.1. The molecule has 0 spiro atoms. The zero-order valence-corrected chi connectivity index (χ0v) is 12.6. The molecule has 0 aromatic rings. The van der Waals surface area contributed by atoms with Gasteiger partial charge in [0.2, 0.25) is 0 Å². The maximum Gasteiger partial charge on any atom is 0.0192 e. The summed E-state index contributed by atoms with van der Waals surface area (Å²) in [7, 11) is 0. The summed E-state index contributed by atoms with van der Waals surface area (Å²) in [6, 6.07) is 0. The molecule has 0 aromatic heterocycles. The number of rotatable bonds is 3. The molecule has 16 heavy (non-hydrogen) atoms. The van der Waals surface area contributed by atoms with Gasteiger partial charge in [-0.1, -0.05) is 41.5 Å². The highest BCUT2D eigenvalue weighted by Crippen LogP contribution is 2.65. The van der Waals surface area contributed by atoms with Crippen molar-refractivity contribution in [3.8, 4) is 0 Å². The van der Waals surface area contributed by atoms with Crippen LogP contribution in [-0.2, 0) is 0 Å². The van der Waals surface area contributed by atoms with Crippen molar-refractivity contribution in [2.45, 2.75) is 64.4 Å². The largest absolute Gasteiger partial charge is 0.151 e. The predicted molar refractivity (Wildman–Crippen MR) is 74.8 cm³/mol. The Morgan fingerprint density at radius 3 is 1.56 bits per heavy atom. The molecule has 2 aliphatic rings. The van der Waals surface area contributed by atoms with Gasteiger partial charge in [-0.05, 0) is 42.4 Å². The molecule has 2 bridgehead atoms. The molecule has 2 rings (SSSR count). The second-order valence-corrected chi connectivity index (χ2v) is 8.62. The Morgan fingerprint density at radius 2 is 1.31 bits per heavy atom. The van der Waals surface area contributed by atoms with Gasteiger partial charge < -0.3 is 0 Å². The van der Waals surface area contributed by atoms with E-state index < -0.39 is 0 Å². The molecule has 0 nitrogen and oxygen atoms in total. The van der Waals surface area contributed by atoms with E-state index in [4.69, 9.17) is 0 Å². The minimum atomic E-state index is 0.633. The standard InChI is InChI=1S/C15H28S/c1-9(2)12-7-15(11(5)6)8-13(10(3)4)14(12)16-15/h9-14H,7-8H2,1-6H3. The molecule has 0 aliphatic carbocycles. The first-order valence-corrected chi connectivity index (χ1v) is 7.93. The number of hydrogen-bond donors (Lipinski definition) is 0. The first-order valence-electron chi connectivity index (χ1n) is 7.05. The summed E-state index contributed by atoms with van der Waals surface area (Å²) in [6.07, 6.45) is 2.97. The quantitative estimate of drug-likeness (QED) is 0.680. The summed E-state index contributed by atoms with van der Waals surface area (Å²) >= 11 is 2.36. The first-order chi connectivity index (χ1) is 7.37. The van der Waals surface area contributed by atoms with E-state index in [9.17, 15) is 0 Å². The molecular weight excluding hydrogens is 212 g/mol. The van der Waals surface area contributed by atoms with Crippen molar-refractivity contribution in [1.82, 2.24) is 0 Å². The molecular formula is C15H28S. The smallest absolute Gasteiger partial charge is 0.0192 e. The van der Waals surface area contributed by atoms with E-state index in [0.29, 0.717) is 4.75 Å². The summed E-state index contributed by atoms with van der Waals surface area (Å²) in [4.78, 5) is 0. The van der Waals surface area contributed by atoms with Crippen LogP contribution < -0.4 is 0 Å². The van der Waals surface area contributed by atoms with Crippen LogP contribution in [-0.4, -0.2) is 10.00 Å². The van der Waals surface area contributed by atoms with Crippen molar-refractivity contribution in [3.63, 3.8) is 0 Å². The molecule has 2 fully saturated rings. The topological polar surface area (TPSA) is 0 Å². The third-order valence-corrected chi connectivity index (χ3v) is 7.39. The zero-order valence-electron chi connectivity index (χ0n) is 11.8. The molecule has 2 atom stereocenters. The van der Waals surface area contributed by atoms with Gasteiger partial charge in [0.05, 0.1) is 0 Å². The normalized spacial score (nSPS) is 42.9. The average Bonchev–Trinajstić information content (AvgIpc) is 2.72. The third kappa shape index (κ3) is 1.83. The fourth-order valence-electron chi connectivity index (χ4n) is 3.81. The van der Waals surface area contributed by atoms with Crippen molar-refractivity contribution in [1.29, 1.82) is 0 Å². The van der Waals surface area contributed by atoms with Crippen molar-refractivity contribution >= 4 is 11.8 Å². The van der Waals surface area contributed by atoms with Crippen LogP contribution >= 0.6 is 11.8 Å². The predicted octanol–water partition coefficient (Wildman–Crippen LogP) is 4.83. The van der Waals surface area contributed by atoms with Crippen LogP contribution in [0.1, 0.15) is 54.4 Å². The summed E-state index contributed by atoms with van der Waals surface area (Å²) < 4.78 is 0.633. The summed E-state index contributed by atoms with van der Waals surface area (Å²) in [5.41, 5.74) is 0. The minimum Gasteiger partial charge on any atom is -0.151 e. The first kappa shape index (κ1) is 12.8. The van der Waals surface area contributed by atoms with Crippen LogP contribution in [0.2, 0.25) is 0 Å². The van der Waals surface area contributed by atoms with E-state index in [2.05, 4.69) is 53.3 Å². The Kier molecular flexibility index (Phi) is 3.38. The van der Waals surface area contributed by atoms with Crippen molar-refractivity contribution in [2.24, 2.45) is 29.6 Å². The lowest BCUT2D eigenvalue weighted by molar-refractivity contribution is 0.163. The lowest BCUT2D eigenvalue weighted by Crippen LogP contribution is -2.38. The number of hydrogen-bond acceptors (Lipinski definition) is 1. The molecule has 1 heteroatoms. The van der Waals surface area contributed by atoms with E-state index in [1.807, 2.05) is 0 Å². The summed E-state index contributed by atoms with van der Waals surface area (Å²) in [5, 5.41) is 0.961. The highest BCUT2D eigenvalue weighted by molar-refractivity contribution is 8.01. The average molecular weight is 240 g/mol. The Labute approximate surface area is 106 Å². The SMILES string of the molecule is CC(C)C1CC2(C(C)C)CC(C(C)C)C1S2. The molecule has 2 saturated heterocycles. The van der Waals surface area contributed by atoms with Gasteiger partial charge in [0, 0.05) is 10.00 Å². The van der Waals surface area contributed by atoms with E-state index in [0.717, 1.165) is 34.8 Å². The maximum atomic E-state index is 2.44. The van der Waals surface area contributed by atoms with E-state index in [-0.39, 0.29) is 0 Å². The lowest BCUT2D eigenvalue weighted by Gasteiger charge is -2.38. The monoisotopic (exact) mass is 240 g/mol. The Morgan fingerprint density at radius 1 is 0.875 bits per heavy atom. The molecule has 0 saturated carbocycles. The van der Waals surface area contributed by atoms with Gasteiger partial charge in [-0.15, -0.1) is 0 Å². The van der Waals surface area contributed by atoms with E-state index >= 15 is 0 Å². The highest BCUT2D eigenvalue weighted by Gasteiger charge is 2.58. The van der Waals surface area contributed by atoms with Gasteiger partial charge in [-0.2, -0.15) is 11.8 Å². The van der Waals surface area contributed by atoms with Crippen LogP contribution in [0.3, 0.4) is 0 Å². The Hall–Kier alpha value is 0.350. The van der Waals surface area contributed by atoms with Gasteiger partial charge in [0.15, 0.2) is 0 Å². The molecule has 2 heterocycles. The maximum absolute atomic E-state index is 2.44.